The van der Waals surface area contributed by atoms with E-state index in [0.29, 0.717) is 24.7 Å². The van der Waals surface area contributed by atoms with E-state index in [4.69, 9.17) is 28.4 Å². The van der Waals surface area contributed by atoms with E-state index in [1.54, 1.807) is 27.6 Å². The summed E-state index contributed by atoms with van der Waals surface area (Å²) in [5.41, 5.74) is 3.20. The van der Waals surface area contributed by atoms with Gasteiger partial charge in [-0.1, -0.05) is 72.8 Å². The van der Waals surface area contributed by atoms with Crippen molar-refractivity contribution in [3.8, 4) is 11.5 Å². The summed E-state index contributed by atoms with van der Waals surface area (Å²) >= 11 is 0. The molecule has 0 saturated carbocycles. The number of nitrogens with zero attached hydrogens (tertiary/aromatic N) is 3. The molecule has 0 atom stereocenters. The molecule has 254 valence electrons. The van der Waals surface area contributed by atoms with Crippen LogP contribution in [0, 0.1) is 0 Å². The maximum Gasteiger partial charge on any atom is 0.419 e. The van der Waals surface area contributed by atoms with Gasteiger partial charge in [-0.3, -0.25) is 4.98 Å². The molecule has 11 nitrogen and oxygen atoms in total. The van der Waals surface area contributed by atoms with Gasteiger partial charge in [-0.05, 0) is 24.3 Å². The maximum atomic E-state index is 12.9. The van der Waals surface area contributed by atoms with E-state index in [9.17, 15) is 9.59 Å². The molecule has 0 radical (unpaired) electrons. The van der Waals surface area contributed by atoms with Crippen LogP contribution in [-0.4, -0.2) is 79.2 Å². The van der Waals surface area contributed by atoms with E-state index in [2.05, 4.69) is 4.98 Å². The van der Waals surface area contributed by atoms with E-state index in [-0.39, 0.29) is 39.6 Å². The van der Waals surface area contributed by atoms with Gasteiger partial charge in [0, 0.05) is 27.6 Å². The summed E-state index contributed by atoms with van der Waals surface area (Å²) < 4.78 is 36.9. The van der Waals surface area contributed by atoms with Crippen LogP contribution in [0.4, 0.5) is 9.59 Å². The summed E-state index contributed by atoms with van der Waals surface area (Å²) in [6, 6.07) is 32.8. The zero-order valence-electron chi connectivity index (χ0n) is 27.2. The van der Waals surface area contributed by atoms with Crippen molar-refractivity contribution in [1.29, 1.82) is 0 Å². The van der Waals surface area contributed by atoms with Crippen molar-refractivity contribution in [2.75, 3.05) is 52.9 Å². The van der Waals surface area contributed by atoms with Gasteiger partial charge in [0.15, 0.2) is 0 Å². The predicted molar refractivity (Wildman–Crippen MR) is 189 cm³/mol. The number of benzene rings is 4. The van der Waals surface area contributed by atoms with Crippen LogP contribution >= 0.6 is 0 Å². The molecule has 0 fully saturated rings. The van der Waals surface area contributed by atoms with Crippen LogP contribution in [0.1, 0.15) is 0 Å². The lowest BCUT2D eigenvalue weighted by Gasteiger charge is -2.11. The van der Waals surface area contributed by atoms with Gasteiger partial charge < -0.3 is 28.4 Å². The fourth-order valence-electron chi connectivity index (χ4n) is 5.94. The summed E-state index contributed by atoms with van der Waals surface area (Å²) in [5, 5.41) is 3.99. The van der Waals surface area contributed by atoms with E-state index < -0.39 is 12.2 Å². The molecule has 0 aliphatic heterocycles. The predicted octanol–water partition coefficient (Wildman–Crippen LogP) is 7.46. The summed E-state index contributed by atoms with van der Waals surface area (Å²) in [6.45, 7) is 1.83. The van der Waals surface area contributed by atoms with Crippen LogP contribution in [0.25, 0.3) is 43.6 Å². The Labute approximate surface area is 287 Å². The average molecular weight is 674 g/mol. The molecule has 0 spiro atoms. The standard InChI is InChI=1S/C39H35N3O8/c43-38(41-34-13-5-1-9-30(34)31-10-2-6-14-35(31)41)49-23-19-45-17-21-47-28-25-29(27-40-26-28)48-22-18-46-20-24-50-39(44)42-36-15-7-3-11-32(36)33-12-4-8-16-37(33)42/h1-16,25-27H,17-24H2. The lowest BCUT2D eigenvalue weighted by Crippen LogP contribution is -2.18. The minimum absolute atomic E-state index is 0.108. The van der Waals surface area contributed by atoms with Gasteiger partial charge in [0.2, 0.25) is 0 Å². The summed E-state index contributed by atoms with van der Waals surface area (Å²) in [6.07, 6.45) is 2.27. The fraction of sp³-hybridized carbons (Fsp3) is 0.205. The highest BCUT2D eigenvalue weighted by Crippen LogP contribution is 2.30. The minimum Gasteiger partial charge on any atom is -0.489 e. The van der Waals surface area contributed by atoms with E-state index in [0.717, 1.165) is 43.6 Å². The van der Waals surface area contributed by atoms with Gasteiger partial charge in [-0.25, -0.2) is 18.7 Å². The van der Waals surface area contributed by atoms with Gasteiger partial charge in [0.25, 0.3) is 0 Å². The Balaban J connectivity index is 0.774. The Morgan fingerprint density at radius 3 is 1.18 bits per heavy atom. The Morgan fingerprint density at radius 2 is 0.800 bits per heavy atom. The first-order valence-corrected chi connectivity index (χ1v) is 16.4. The van der Waals surface area contributed by atoms with Crippen molar-refractivity contribution in [3.05, 3.63) is 116 Å². The third-order valence-corrected chi connectivity index (χ3v) is 8.11. The van der Waals surface area contributed by atoms with Crippen LogP contribution < -0.4 is 9.47 Å². The van der Waals surface area contributed by atoms with Crippen molar-refractivity contribution in [2.24, 2.45) is 0 Å². The molecule has 4 aromatic carbocycles. The summed E-state index contributed by atoms with van der Waals surface area (Å²) in [7, 11) is 0. The topological polar surface area (TPSA) is 112 Å². The Hall–Kier alpha value is -5.91. The SMILES string of the molecule is O=C(OCCOCCOc1cncc(OCCOCCOC(=O)n2c3ccccc3c3ccccc32)c1)n1c2ccccc2c2ccccc21. The molecule has 0 saturated heterocycles. The van der Waals surface area contributed by atoms with Crippen molar-refractivity contribution in [3.63, 3.8) is 0 Å². The number of ether oxygens (including phenoxy) is 6. The Morgan fingerprint density at radius 1 is 0.460 bits per heavy atom. The van der Waals surface area contributed by atoms with E-state index in [1.165, 1.54) is 0 Å². The van der Waals surface area contributed by atoms with Crippen LogP contribution in [0.15, 0.2) is 116 Å². The molecule has 0 bridgehead atoms. The zero-order valence-corrected chi connectivity index (χ0v) is 27.2. The van der Waals surface area contributed by atoms with Gasteiger partial charge >= 0.3 is 12.2 Å². The first-order valence-electron chi connectivity index (χ1n) is 16.4. The van der Waals surface area contributed by atoms with Crippen molar-refractivity contribution < 1.29 is 38.0 Å². The third-order valence-electron chi connectivity index (χ3n) is 8.11. The number of carbonyl (C=O) groups excluding carboxylic acids is 2. The molecule has 0 aliphatic carbocycles. The number of pyridine rings is 1. The van der Waals surface area contributed by atoms with E-state index in [1.807, 2.05) is 97.1 Å². The highest BCUT2D eigenvalue weighted by molar-refractivity contribution is 6.13. The number of para-hydroxylation sites is 4. The van der Waals surface area contributed by atoms with Gasteiger partial charge in [-0.15, -0.1) is 0 Å². The van der Waals surface area contributed by atoms with Gasteiger partial charge in [-0.2, -0.15) is 0 Å². The van der Waals surface area contributed by atoms with Crippen LogP contribution in [-0.2, 0) is 18.9 Å². The molecule has 0 N–H and O–H groups in total. The van der Waals surface area contributed by atoms with E-state index >= 15 is 0 Å². The lowest BCUT2D eigenvalue weighted by molar-refractivity contribution is 0.0576. The number of hydrogen-bond donors (Lipinski definition) is 0. The molecule has 3 heterocycles. The molecule has 0 unspecified atom stereocenters. The first kappa shape index (κ1) is 32.6. The molecular weight excluding hydrogens is 638 g/mol. The second-order valence-electron chi connectivity index (χ2n) is 11.2. The average Bonchev–Trinajstić information content (AvgIpc) is 3.67. The van der Waals surface area contributed by atoms with Crippen LogP contribution in [0.2, 0.25) is 0 Å². The fourth-order valence-corrected chi connectivity index (χ4v) is 5.94. The van der Waals surface area contributed by atoms with Crippen molar-refractivity contribution in [1.82, 2.24) is 14.1 Å². The largest absolute Gasteiger partial charge is 0.489 e. The minimum atomic E-state index is -0.450. The zero-order chi connectivity index (χ0) is 34.1. The number of aromatic nitrogens is 3. The monoisotopic (exact) mass is 673 g/mol. The number of fused-ring (bicyclic) bond motifs is 6. The first-order chi connectivity index (χ1) is 24.7. The van der Waals surface area contributed by atoms with Crippen molar-refractivity contribution >= 4 is 55.8 Å². The number of hydrogen-bond acceptors (Lipinski definition) is 9. The molecule has 50 heavy (non-hydrogen) atoms. The highest BCUT2D eigenvalue weighted by Gasteiger charge is 2.17. The summed E-state index contributed by atoms with van der Waals surface area (Å²) in [4.78, 5) is 30.0. The maximum absolute atomic E-state index is 12.9. The number of rotatable bonds is 14. The highest BCUT2D eigenvalue weighted by atomic mass is 16.6. The lowest BCUT2D eigenvalue weighted by atomic mass is 10.2. The summed E-state index contributed by atoms with van der Waals surface area (Å²) in [5.74, 6) is 1.06. The Kier molecular flexibility index (Phi) is 10.1. The normalized spacial score (nSPS) is 11.4. The molecule has 11 heteroatoms. The molecular formula is C39H35N3O8. The second-order valence-corrected chi connectivity index (χ2v) is 11.2. The number of carbonyl (C=O) groups is 2. The molecule has 0 aliphatic rings. The quantitative estimate of drug-likeness (QED) is 0.109. The second kappa shape index (κ2) is 15.5. The molecule has 0 amide bonds. The Bertz CT molecular complexity index is 2000. The smallest absolute Gasteiger partial charge is 0.419 e. The molecule has 3 aromatic heterocycles. The van der Waals surface area contributed by atoms with Crippen LogP contribution in [0.3, 0.4) is 0 Å². The molecule has 7 aromatic rings. The molecule has 7 rings (SSSR count). The van der Waals surface area contributed by atoms with Crippen molar-refractivity contribution in [2.45, 2.75) is 0 Å². The van der Waals surface area contributed by atoms with Gasteiger partial charge in [0.05, 0.1) is 60.9 Å². The third kappa shape index (κ3) is 7.09. The van der Waals surface area contributed by atoms with Crippen LogP contribution in [0.5, 0.6) is 11.5 Å². The van der Waals surface area contributed by atoms with Gasteiger partial charge in [0.1, 0.15) is 37.9 Å².